The highest BCUT2D eigenvalue weighted by Gasteiger charge is 2.26. The molecule has 0 aromatic heterocycles. The van der Waals surface area contributed by atoms with Gasteiger partial charge in [-0.05, 0) is 62.1 Å². The van der Waals surface area contributed by atoms with E-state index in [1.807, 2.05) is 57.2 Å². The molecule has 2 aromatic rings. The third-order valence-corrected chi connectivity index (χ3v) is 5.22. The monoisotopic (exact) mass is 416 g/mol. The number of aryl methyl sites for hydroxylation is 2. The van der Waals surface area contributed by atoms with E-state index in [9.17, 15) is 9.59 Å². The lowest BCUT2D eigenvalue weighted by Gasteiger charge is -2.29. The molecule has 0 fully saturated rings. The lowest BCUT2D eigenvalue weighted by atomic mass is 10.1. The summed E-state index contributed by atoms with van der Waals surface area (Å²) in [7, 11) is 0. The SMILES string of the molecule is CCCNC(=O)C(C)N(Cc1ccccc1Cl)C(=O)COc1ccc(C)c(C)c1. The zero-order valence-electron chi connectivity index (χ0n) is 17.5. The Balaban J connectivity index is 2.15. The maximum absolute atomic E-state index is 13.0. The first-order chi connectivity index (χ1) is 13.8. The van der Waals surface area contributed by atoms with Crippen LogP contribution in [0.3, 0.4) is 0 Å². The quantitative estimate of drug-likeness (QED) is 0.663. The second-order valence-corrected chi connectivity index (χ2v) is 7.52. The maximum atomic E-state index is 13.0. The number of amides is 2. The van der Waals surface area contributed by atoms with Gasteiger partial charge in [0, 0.05) is 18.1 Å². The molecule has 2 rings (SSSR count). The summed E-state index contributed by atoms with van der Waals surface area (Å²) in [6.45, 7) is 8.36. The summed E-state index contributed by atoms with van der Waals surface area (Å²) in [4.78, 5) is 27.0. The van der Waals surface area contributed by atoms with Crippen molar-refractivity contribution in [2.75, 3.05) is 13.2 Å². The molecule has 1 atom stereocenters. The van der Waals surface area contributed by atoms with Gasteiger partial charge in [0.25, 0.3) is 5.91 Å². The second kappa shape index (κ2) is 10.9. The molecule has 0 radical (unpaired) electrons. The number of halogens is 1. The van der Waals surface area contributed by atoms with Crippen LogP contribution in [0.25, 0.3) is 0 Å². The van der Waals surface area contributed by atoms with Crippen molar-refractivity contribution in [2.24, 2.45) is 0 Å². The first-order valence-corrected chi connectivity index (χ1v) is 10.2. The lowest BCUT2D eigenvalue weighted by molar-refractivity contribution is -0.142. The van der Waals surface area contributed by atoms with E-state index in [1.54, 1.807) is 13.0 Å². The molecular formula is C23H29ClN2O3. The third-order valence-electron chi connectivity index (χ3n) is 4.86. The van der Waals surface area contributed by atoms with Gasteiger partial charge in [-0.25, -0.2) is 0 Å². The molecule has 6 heteroatoms. The van der Waals surface area contributed by atoms with Crippen LogP contribution >= 0.6 is 11.6 Å². The van der Waals surface area contributed by atoms with Crippen LogP contribution in [-0.4, -0.2) is 35.9 Å². The van der Waals surface area contributed by atoms with Crippen LogP contribution in [0, 0.1) is 13.8 Å². The molecule has 156 valence electrons. The fourth-order valence-corrected chi connectivity index (χ4v) is 3.02. The molecular weight excluding hydrogens is 388 g/mol. The Morgan fingerprint density at radius 3 is 2.52 bits per heavy atom. The summed E-state index contributed by atoms with van der Waals surface area (Å²) < 4.78 is 5.71. The minimum absolute atomic E-state index is 0.154. The van der Waals surface area contributed by atoms with Crippen LogP contribution in [0.4, 0.5) is 0 Å². The Hall–Kier alpha value is -2.53. The average Bonchev–Trinajstić information content (AvgIpc) is 2.71. The van der Waals surface area contributed by atoms with Gasteiger partial charge < -0.3 is 15.0 Å². The fraction of sp³-hybridized carbons (Fsp3) is 0.391. The van der Waals surface area contributed by atoms with E-state index in [4.69, 9.17) is 16.3 Å². The zero-order valence-corrected chi connectivity index (χ0v) is 18.3. The molecule has 0 bridgehead atoms. The molecule has 0 aliphatic carbocycles. The van der Waals surface area contributed by atoms with Crippen molar-refractivity contribution in [1.82, 2.24) is 10.2 Å². The summed E-state index contributed by atoms with van der Waals surface area (Å²) in [6.07, 6.45) is 0.826. The number of rotatable bonds is 9. The Morgan fingerprint density at radius 2 is 1.86 bits per heavy atom. The van der Waals surface area contributed by atoms with Gasteiger partial charge >= 0.3 is 0 Å². The second-order valence-electron chi connectivity index (χ2n) is 7.11. The van der Waals surface area contributed by atoms with Gasteiger partial charge in [-0.15, -0.1) is 0 Å². The fourth-order valence-electron chi connectivity index (χ4n) is 2.82. The Labute approximate surface area is 178 Å². The van der Waals surface area contributed by atoms with Crippen molar-refractivity contribution in [3.63, 3.8) is 0 Å². The van der Waals surface area contributed by atoms with Gasteiger partial charge in [0.1, 0.15) is 11.8 Å². The van der Waals surface area contributed by atoms with Crippen LogP contribution in [-0.2, 0) is 16.1 Å². The number of benzene rings is 2. The number of nitrogens with zero attached hydrogens (tertiary/aromatic N) is 1. The molecule has 1 unspecified atom stereocenters. The first kappa shape index (κ1) is 22.8. The predicted molar refractivity (Wildman–Crippen MR) is 116 cm³/mol. The molecule has 0 saturated carbocycles. The summed E-state index contributed by atoms with van der Waals surface area (Å²) in [5.74, 6) is 0.156. The number of hydrogen-bond acceptors (Lipinski definition) is 3. The van der Waals surface area contributed by atoms with Crippen molar-refractivity contribution in [3.05, 3.63) is 64.2 Å². The molecule has 29 heavy (non-hydrogen) atoms. The van der Waals surface area contributed by atoms with Crippen LogP contribution in [0.15, 0.2) is 42.5 Å². The van der Waals surface area contributed by atoms with E-state index in [-0.39, 0.29) is 25.0 Å². The third kappa shape index (κ3) is 6.50. The molecule has 0 heterocycles. The van der Waals surface area contributed by atoms with Gasteiger partial charge in [-0.3, -0.25) is 9.59 Å². The number of carbonyl (C=O) groups excluding carboxylic acids is 2. The van der Waals surface area contributed by atoms with Crippen molar-refractivity contribution in [2.45, 2.75) is 46.7 Å². The van der Waals surface area contributed by atoms with E-state index >= 15 is 0 Å². The highest BCUT2D eigenvalue weighted by molar-refractivity contribution is 6.31. The van der Waals surface area contributed by atoms with Crippen molar-refractivity contribution in [1.29, 1.82) is 0 Å². The normalized spacial score (nSPS) is 11.6. The highest BCUT2D eigenvalue weighted by Crippen LogP contribution is 2.20. The summed E-state index contributed by atoms with van der Waals surface area (Å²) >= 11 is 6.28. The number of ether oxygens (including phenoxy) is 1. The number of hydrogen-bond donors (Lipinski definition) is 1. The zero-order chi connectivity index (χ0) is 21.4. The van der Waals surface area contributed by atoms with Gasteiger partial charge in [0.05, 0.1) is 0 Å². The molecule has 1 N–H and O–H groups in total. The summed E-state index contributed by atoms with van der Waals surface area (Å²) in [6, 6.07) is 12.4. The summed E-state index contributed by atoms with van der Waals surface area (Å²) in [5.41, 5.74) is 3.03. The van der Waals surface area contributed by atoms with Crippen LogP contribution in [0.5, 0.6) is 5.75 Å². The largest absolute Gasteiger partial charge is 0.484 e. The minimum Gasteiger partial charge on any atom is -0.484 e. The van der Waals surface area contributed by atoms with Gasteiger partial charge in [-0.1, -0.05) is 42.8 Å². The Kier molecular flexibility index (Phi) is 8.52. The molecule has 0 spiro atoms. The van der Waals surface area contributed by atoms with Crippen molar-refractivity contribution in [3.8, 4) is 5.75 Å². The standard InChI is InChI=1S/C23H29ClN2O3/c1-5-12-25-23(28)18(4)26(14-19-8-6-7-9-21(19)24)22(27)15-29-20-11-10-16(2)17(3)13-20/h6-11,13,18H,5,12,14-15H2,1-4H3,(H,25,28). The van der Waals surface area contributed by atoms with E-state index < -0.39 is 6.04 Å². The lowest BCUT2D eigenvalue weighted by Crippen LogP contribution is -2.49. The number of carbonyl (C=O) groups is 2. The molecule has 0 aliphatic rings. The van der Waals surface area contributed by atoms with Crippen molar-refractivity contribution >= 4 is 23.4 Å². The predicted octanol–water partition coefficient (Wildman–Crippen LogP) is 4.28. The van der Waals surface area contributed by atoms with E-state index in [2.05, 4.69) is 5.32 Å². The highest BCUT2D eigenvalue weighted by atomic mass is 35.5. The molecule has 0 saturated heterocycles. The molecule has 5 nitrogen and oxygen atoms in total. The van der Waals surface area contributed by atoms with E-state index in [0.717, 1.165) is 23.1 Å². The van der Waals surface area contributed by atoms with E-state index in [1.165, 1.54) is 4.90 Å². The average molecular weight is 417 g/mol. The smallest absolute Gasteiger partial charge is 0.261 e. The molecule has 0 aliphatic heterocycles. The topological polar surface area (TPSA) is 58.6 Å². The van der Waals surface area contributed by atoms with Gasteiger partial charge in [-0.2, -0.15) is 0 Å². The summed E-state index contributed by atoms with van der Waals surface area (Å²) in [5, 5.41) is 3.41. The minimum atomic E-state index is -0.645. The van der Waals surface area contributed by atoms with Crippen LogP contribution < -0.4 is 10.1 Å². The van der Waals surface area contributed by atoms with Gasteiger partial charge in [0.2, 0.25) is 5.91 Å². The van der Waals surface area contributed by atoms with Gasteiger partial charge in [0.15, 0.2) is 6.61 Å². The van der Waals surface area contributed by atoms with Crippen LogP contribution in [0.2, 0.25) is 5.02 Å². The van der Waals surface area contributed by atoms with Crippen molar-refractivity contribution < 1.29 is 14.3 Å². The number of nitrogens with one attached hydrogen (secondary N) is 1. The first-order valence-electron chi connectivity index (χ1n) is 9.84. The molecule has 2 aromatic carbocycles. The maximum Gasteiger partial charge on any atom is 0.261 e. The Bertz CT molecular complexity index is 854. The van der Waals surface area contributed by atoms with E-state index in [0.29, 0.717) is 17.3 Å². The Morgan fingerprint density at radius 1 is 1.14 bits per heavy atom. The molecule has 2 amide bonds. The van der Waals surface area contributed by atoms with Crippen LogP contribution in [0.1, 0.15) is 37.0 Å².